The monoisotopic (exact) mass is 292 g/mol. The van der Waals surface area contributed by atoms with Gasteiger partial charge in [-0.2, -0.15) is 0 Å². The molecule has 4 heteroatoms. The highest BCUT2D eigenvalue weighted by Crippen LogP contribution is 2.30. The Morgan fingerprint density at radius 3 is 2.76 bits per heavy atom. The Morgan fingerprint density at radius 1 is 1.33 bits per heavy atom. The van der Waals surface area contributed by atoms with Crippen molar-refractivity contribution in [3.05, 3.63) is 29.3 Å². The van der Waals surface area contributed by atoms with E-state index in [0.29, 0.717) is 19.0 Å². The molecule has 1 aromatic rings. The molecule has 0 spiro atoms. The van der Waals surface area contributed by atoms with Crippen LogP contribution in [0.4, 0.5) is 0 Å². The molecule has 0 saturated heterocycles. The van der Waals surface area contributed by atoms with Gasteiger partial charge in [-0.05, 0) is 37.2 Å². The predicted octanol–water partition coefficient (Wildman–Crippen LogP) is 1.83. The summed E-state index contributed by atoms with van der Waals surface area (Å²) in [6, 6.07) is 6.72. The number of fused-ring (bicyclic) bond motifs is 1. The molecule has 0 amide bonds. The van der Waals surface area contributed by atoms with Crippen LogP contribution in [-0.4, -0.2) is 49.9 Å². The number of hydrogen-bond donors (Lipinski definition) is 2. The van der Waals surface area contributed by atoms with Gasteiger partial charge < -0.3 is 20.1 Å². The Bertz CT molecular complexity index is 460. The summed E-state index contributed by atoms with van der Waals surface area (Å²) in [5, 5.41) is 13.5. The highest BCUT2D eigenvalue weighted by molar-refractivity contribution is 5.40. The second-order valence-electron chi connectivity index (χ2n) is 6.51. The van der Waals surface area contributed by atoms with E-state index < -0.39 is 0 Å². The maximum atomic E-state index is 10.0. The molecule has 1 heterocycles. The number of ether oxygens (including phenoxy) is 1. The molecule has 1 aliphatic heterocycles. The van der Waals surface area contributed by atoms with E-state index in [1.165, 1.54) is 11.1 Å². The molecule has 0 aromatic heterocycles. The molecule has 2 rings (SSSR count). The number of nitrogens with zero attached hydrogens (tertiary/aromatic N) is 1. The van der Waals surface area contributed by atoms with Crippen molar-refractivity contribution in [3.63, 3.8) is 0 Å². The van der Waals surface area contributed by atoms with E-state index in [4.69, 9.17) is 4.74 Å². The number of rotatable bonds is 7. The lowest BCUT2D eigenvalue weighted by Gasteiger charge is -2.26. The minimum absolute atomic E-state index is 0.257. The molecule has 1 aliphatic rings. The third kappa shape index (κ3) is 4.43. The molecule has 0 radical (unpaired) electrons. The van der Waals surface area contributed by atoms with Gasteiger partial charge in [-0.1, -0.05) is 26.0 Å². The van der Waals surface area contributed by atoms with Crippen LogP contribution in [-0.2, 0) is 6.42 Å². The third-order valence-electron chi connectivity index (χ3n) is 3.89. The molecule has 0 saturated carbocycles. The SMILES string of the molecule is CC(C)C(NCC(O)CN(C)C)c1ccc2c(c1)CCO2. The maximum absolute atomic E-state index is 10.0. The van der Waals surface area contributed by atoms with E-state index in [-0.39, 0.29) is 12.1 Å². The Balaban J connectivity index is 2.02. The number of hydrogen-bond acceptors (Lipinski definition) is 4. The molecular weight excluding hydrogens is 264 g/mol. The highest BCUT2D eigenvalue weighted by atomic mass is 16.5. The summed E-state index contributed by atoms with van der Waals surface area (Å²) < 4.78 is 5.57. The summed E-state index contributed by atoms with van der Waals surface area (Å²) in [6.07, 6.45) is 0.649. The Morgan fingerprint density at radius 2 is 2.10 bits per heavy atom. The van der Waals surface area contributed by atoms with Gasteiger partial charge in [-0.3, -0.25) is 0 Å². The van der Waals surface area contributed by atoms with Crippen molar-refractivity contribution in [1.29, 1.82) is 0 Å². The highest BCUT2D eigenvalue weighted by Gasteiger charge is 2.20. The summed E-state index contributed by atoms with van der Waals surface area (Å²) in [5.41, 5.74) is 2.58. The van der Waals surface area contributed by atoms with Crippen LogP contribution in [0.15, 0.2) is 18.2 Å². The van der Waals surface area contributed by atoms with Crippen molar-refractivity contribution in [1.82, 2.24) is 10.2 Å². The van der Waals surface area contributed by atoms with Gasteiger partial charge in [-0.25, -0.2) is 0 Å². The van der Waals surface area contributed by atoms with Crippen molar-refractivity contribution in [2.45, 2.75) is 32.4 Å². The number of nitrogens with one attached hydrogen (secondary N) is 1. The molecule has 0 aliphatic carbocycles. The van der Waals surface area contributed by atoms with Crippen LogP contribution in [0.25, 0.3) is 0 Å². The average molecular weight is 292 g/mol. The Labute approximate surface area is 128 Å². The van der Waals surface area contributed by atoms with Gasteiger partial charge in [0.1, 0.15) is 5.75 Å². The van der Waals surface area contributed by atoms with Gasteiger partial charge in [0.2, 0.25) is 0 Å². The molecule has 2 unspecified atom stereocenters. The van der Waals surface area contributed by atoms with Crippen molar-refractivity contribution in [2.75, 3.05) is 33.8 Å². The standard InChI is InChI=1S/C17H28N2O2/c1-12(2)17(18-10-15(20)11-19(3)4)14-5-6-16-13(9-14)7-8-21-16/h5-6,9,12,15,17-18,20H,7-8,10-11H2,1-4H3. The van der Waals surface area contributed by atoms with Gasteiger partial charge in [0.15, 0.2) is 0 Å². The van der Waals surface area contributed by atoms with Crippen molar-refractivity contribution in [2.24, 2.45) is 5.92 Å². The van der Waals surface area contributed by atoms with Crippen molar-refractivity contribution >= 4 is 0 Å². The largest absolute Gasteiger partial charge is 0.493 e. The van der Waals surface area contributed by atoms with Crippen LogP contribution in [0.1, 0.15) is 31.0 Å². The summed E-state index contributed by atoms with van der Waals surface area (Å²) in [4.78, 5) is 2.00. The van der Waals surface area contributed by atoms with Gasteiger partial charge in [0.25, 0.3) is 0 Å². The van der Waals surface area contributed by atoms with Gasteiger partial charge in [-0.15, -0.1) is 0 Å². The predicted molar refractivity (Wildman–Crippen MR) is 85.8 cm³/mol. The molecule has 118 valence electrons. The third-order valence-corrected chi connectivity index (χ3v) is 3.89. The molecule has 1 aromatic carbocycles. The van der Waals surface area contributed by atoms with Gasteiger partial charge in [0.05, 0.1) is 12.7 Å². The summed E-state index contributed by atoms with van der Waals surface area (Å²) in [6.45, 7) is 6.49. The first-order valence-electron chi connectivity index (χ1n) is 7.79. The quantitative estimate of drug-likeness (QED) is 0.805. The average Bonchev–Trinajstić information content (AvgIpc) is 2.85. The number of aliphatic hydroxyl groups excluding tert-OH is 1. The molecular formula is C17H28N2O2. The second-order valence-corrected chi connectivity index (χ2v) is 6.51. The normalized spacial score (nSPS) is 16.9. The van der Waals surface area contributed by atoms with Crippen LogP contribution in [0, 0.1) is 5.92 Å². The van der Waals surface area contributed by atoms with Crippen LogP contribution >= 0.6 is 0 Å². The fourth-order valence-electron chi connectivity index (χ4n) is 2.89. The smallest absolute Gasteiger partial charge is 0.122 e. The van der Waals surface area contributed by atoms with Crippen LogP contribution < -0.4 is 10.1 Å². The lowest BCUT2D eigenvalue weighted by molar-refractivity contribution is 0.129. The number of aliphatic hydroxyl groups is 1. The first kappa shape index (κ1) is 16.3. The maximum Gasteiger partial charge on any atom is 0.122 e. The lowest BCUT2D eigenvalue weighted by Crippen LogP contribution is -2.38. The van der Waals surface area contributed by atoms with E-state index >= 15 is 0 Å². The minimum atomic E-state index is -0.348. The topological polar surface area (TPSA) is 44.7 Å². The summed E-state index contributed by atoms with van der Waals surface area (Å²) in [7, 11) is 3.95. The molecule has 21 heavy (non-hydrogen) atoms. The zero-order valence-electron chi connectivity index (χ0n) is 13.6. The van der Waals surface area contributed by atoms with Gasteiger partial charge in [0, 0.05) is 25.6 Å². The Kier molecular flexibility index (Phi) is 5.62. The molecule has 2 atom stereocenters. The first-order chi connectivity index (χ1) is 9.97. The molecule has 0 bridgehead atoms. The zero-order chi connectivity index (χ0) is 15.4. The summed E-state index contributed by atoms with van der Waals surface area (Å²) >= 11 is 0. The molecule has 0 fully saturated rings. The fourth-order valence-corrected chi connectivity index (χ4v) is 2.89. The van der Waals surface area contributed by atoms with Crippen molar-refractivity contribution in [3.8, 4) is 5.75 Å². The second kappa shape index (κ2) is 7.25. The molecule has 4 nitrogen and oxygen atoms in total. The van der Waals surface area contributed by atoms with E-state index in [0.717, 1.165) is 18.8 Å². The fraction of sp³-hybridized carbons (Fsp3) is 0.647. The first-order valence-corrected chi connectivity index (χ1v) is 7.79. The minimum Gasteiger partial charge on any atom is -0.493 e. The lowest BCUT2D eigenvalue weighted by atomic mass is 9.94. The zero-order valence-corrected chi connectivity index (χ0v) is 13.6. The van der Waals surface area contributed by atoms with Crippen LogP contribution in [0.2, 0.25) is 0 Å². The van der Waals surface area contributed by atoms with E-state index in [1.54, 1.807) is 0 Å². The molecule has 2 N–H and O–H groups in total. The summed E-state index contributed by atoms with van der Waals surface area (Å²) in [5.74, 6) is 1.49. The van der Waals surface area contributed by atoms with E-state index in [2.05, 4.69) is 37.4 Å². The number of likely N-dealkylation sites (N-methyl/N-ethyl adjacent to an activating group) is 1. The van der Waals surface area contributed by atoms with E-state index in [9.17, 15) is 5.11 Å². The Hall–Kier alpha value is -1.10. The van der Waals surface area contributed by atoms with Crippen LogP contribution in [0.5, 0.6) is 5.75 Å². The van der Waals surface area contributed by atoms with Crippen LogP contribution in [0.3, 0.4) is 0 Å². The van der Waals surface area contributed by atoms with Crippen molar-refractivity contribution < 1.29 is 9.84 Å². The van der Waals surface area contributed by atoms with Gasteiger partial charge >= 0.3 is 0 Å². The van der Waals surface area contributed by atoms with E-state index in [1.807, 2.05) is 19.0 Å². The number of benzene rings is 1.